The number of benzene rings is 1. The average molecular weight is 332 g/mol. The summed E-state index contributed by atoms with van der Waals surface area (Å²) in [5.41, 5.74) is 2.03. The van der Waals surface area contributed by atoms with E-state index in [4.69, 9.17) is 0 Å². The molecule has 4 nitrogen and oxygen atoms in total. The summed E-state index contributed by atoms with van der Waals surface area (Å²) >= 11 is 3.35. The largest absolute Gasteiger partial charge is 0.380 e. The first kappa shape index (κ1) is 14.3. The van der Waals surface area contributed by atoms with Crippen molar-refractivity contribution in [3.05, 3.63) is 65.4 Å². The Labute approximate surface area is 126 Å². The fraction of sp³-hybridized carbons (Fsp3) is 0.0667. The Kier molecular flexibility index (Phi) is 4.90. The van der Waals surface area contributed by atoms with Gasteiger partial charge in [0, 0.05) is 29.1 Å². The van der Waals surface area contributed by atoms with Crippen molar-refractivity contribution < 1.29 is 4.79 Å². The summed E-state index contributed by atoms with van der Waals surface area (Å²) < 4.78 is 0.966. The topological polar surface area (TPSA) is 54.0 Å². The third-order valence-electron chi connectivity index (χ3n) is 2.55. The molecule has 0 fully saturated rings. The van der Waals surface area contributed by atoms with Crippen LogP contribution in [0.3, 0.4) is 0 Å². The van der Waals surface area contributed by atoms with Gasteiger partial charge in [-0.2, -0.15) is 0 Å². The number of anilines is 2. The summed E-state index contributed by atoms with van der Waals surface area (Å²) in [4.78, 5) is 16.2. The van der Waals surface area contributed by atoms with E-state index < -0.39 is 0 Å². The van der Waals surface area contributed by atoms with Gasteiger partial charge in [0.2, 0.25) is 0 Å². The van der Waals surface area contributed by atoms with Gasteiger partial charge in [0.1, 0.15) is 0 Å². The van der Waals surface area contributed by atoms with Gasteiger partial charge in [-0.05, 0) is 30.3 Å². The number of halogens is 1. The van der Waals surface area contributed by atoms with Crippen LogP contribution in [0.1, 0.15) is 10.4 Å². The van der Waals surface area contributed by atoms with Crippen molar-refractivity contribution in [3.63, 3.8) is 0 Å². The number of carbonyl (C=O) groups is 1. The van der Waals surface area contributed by atoms with Crippen molar-refractivity contribution in [1.29, 1.82) is 0 Å². The van der Waals surface area contributed by atoms with Gasteiger partial charge < -0.3 is 10.6 Å². The smallest absolute Gasteiger partial charge is 0.257 e. The van der Waals surface area contributed by atoms with Crippen LogP contribution < -0.4 is 10.6 Å². The molecule has 1 amide bonds. The molecule has 0 atom stereocenters. The van der Waals surface area contributed by atoms with E-state index in [1.54, 1.807) is 18.3 Å². The van der Waals surface area contributed by atoms with Gasteiger partial charge in [-0.3, -0.25) is 9.78 Å². The van der Waals surface area contributed by atoms with Crippen LogP contribution >= 0.6 is 15.9 Å². The molecule has 0 aliphatic rings. The number of hydrogen-bond donors (Lipinski definition) is 2. The molecule has 2 rings (SSSR count). The quantitative estimate of drug-likeness (QED) is 0.821. The van der Waals surface area contributed by atoms with Crippen molar-refractivity contribution in [2.75, 3.05) is 17.2 Å². The first-order chi connectivity index (χ1) is 9.69. The molecule has 0 saturated heterocycles. The van der Waals surface area contributed by atoms with E-state index in [0.717, 1.165) is 15.8 Å². The lowest BCUT2D eigenvalue weighted by Crippen LogP contribution is -2.12. The van der Waals surface area contributed by atoms with Crippen molar-refractivity contribution in [1.82, 2.24) is 4.98 Å². The third kappa shape index (κ3) is 3.93. The minimum Gasteiger partial charge on any atom is -0.380 e. The van der Waals surface area contributed by atoms with Crippen molar-refractivity contribution in [3.8, 4) is 0 Å². The molecule has 20 heavy (non-hydrogen) atoms. The Morgan fingerprint density at radius 2 is 2.00 bits per heavy atom. The molecule has 1 aromatic carbocycles. The van der Waals surface area contributed by atoms with Crippen molar-refractivity contribution in [2.45, 2.75) is 0 Å². The average Bonchev–Trinajstić information content (AvgIpc) is 2.48. The Hall–Kier alpha value is -2.14. The number of rotatable bonds is 5. The first-order valence-electron chi connectivity index (χ1n) is 6.06. The summed E-state index contributed by atoms with van der Waals surface area (Å²) in [6, 6.07) is 9.15. The number of amides is 1. The van der Waals surface area contributed by atoms with E-state index in [2.05, 4.69) is 38.1 Å². The zero-order valence-corrected chi connectivity index (χ0v) is 12.4. The molecule has 102 valence electrons. The highest BCUT2D eigenvalue weighted by Gasteiger charge is 2.07. The van der Waals surface area contributed by atoms with Gasteiger partial charge in [-0.15, -0.1) is 6.58 Å². The molecular formula is C15H14BrN3O. The van der Waals surface area contributed by atoms with Crippen LogP contribution in [-0.4, -0.2) is 17.4 Å². The van der Waals surface area contributed by atoms with Crippen molar-refractivity contribution in [2.24, 2.45) is 0 Å². The highest BCUT2D eigenvalue weighted by atomic mass is 79.9. The first-order valence-corrected chi connectivity index (χ1v) is 6.85. The van der Waals surface area contributed by atoms with E-state index in [1.165, 1.54) is 6.20 Å². The number of pyridine rings is 1. The fourth-order valence-electron chi connectivity index (χ4n) is 1.59. The summed E-state index contributed by atoms with van der Waals surface area (Å²) in [6.45, 7) is 4.25. The predicted molar refractivity (Wildman–Crippen MR) is 85.0 cm³/mol. The van der Waals surface area contributed by atoms with Crippen LogP contribution in [0.15, 0.2) is 59.9 Å². The fourth-order valence-corrected chi connectivity index (χ4v) is 1.85. The summed E-state index contributed by atoms with van der Waals surface area (Å²) in [5, 5.41) is 5.92. The molecule has 5 heteroatoms. The highest BCUT2D eigenvalue weighted by molar-refractivity contribution is 9.10. The molecule has 0 spiro atoms. The zero-order chi connectivity index (χ0) is 14.4. The van der Waals surface area contributed by atoms with Gasteiger partial charge in [0.15, 0.2) is 0 Å². The lowest BCUT2D eigenvalue weighted by molar-refractivity contribution is 0.102. The van der Waals surface area contributed by atoms with Crippen molar-refractivity contribution >= 4 is 33.2 Å². The number of hydrogen-bond acceptors (Lipinski definition) is 3. The Morgan fingerprint density at radius 3 is 2.70 bits per heavy atom. The Balaban J connectivity index is 2.08. The van der Waals surface area contributed by atoms with Gasteiger partial charge in [-0.25, -0.2) is 0 Å². The van der Waals surface area contributed by atoms with Crippen LogP contribution in [0.2, 0.25) is 0 Å². The van der Waals surface area contributed by atoms with Crippen LogP contribution in [0.4, 0.5) is 11.4 Å². The molecule has 2 N–H and O–H groups in total. The van der Waals surface area contributed by atoms with Crippen LogP contribution in [0.5, 0.6) is 0 Å². The normalized spacial score (nSPS) is 9.85. The predicted octanol–water partition coefficient (Wildman–Crippen LogP) is 3.69. The van der Waals surface area contributed by atoms with Crippen LogP contribution in [0, 0.1) is 0 Å². The number of aromatic nitrogens is 1. The lowest BCUT2D eigenvalue weighted by atomic mass is 10.2. The second-order valence-corrected chi connectivity index (χ2v) is 5.01. The third-order valence-corrected chi connectivity index (χ3v) is 3.08. The SMILES string of the molecule is C=CCNc1cncc(C(=O)Nc2ccc(Br)cc2)c1. The highest BCUT2D eigenvalue weighted by Crippen LogP contribution is 2.15. The van der Waals surface area contributed by atoms with E-state index in [-0.39, 0.29) is 5.91 Å². The Bertz CT molecular complexity index is 611. The minimum absolute atomic E-state index is 0.193. The Morgan fingerprint density at radius 1 is 1.25 bits per heavy atom. The van der Waals surface area contributed by atoms with Gasteiger partial charge in [0.05, 0.1) is 11.3 Å². The molecule has 2 aromatic rings. The van der Waals surface area contributed by atoms with E-state index >= 15 is 0 Å². The van der Waals surface area contributed by atoms with Gasteiger partial charge >= 0.3 is 0 Å². The molecule has 1 aromatic heterocycles. The van der Waals surface area contributed by atoms with E-state index in [1.807, 2.05) is 24.3 Å². The maximum Gasteiger partial charge on any atom is 0.257 e. The molecule has 0 aliphatic heterocycles. The lowest BCUT2D eigenvalue weighted by Gasteiger charge is -2.07. The van der Waals surface area contributed by atoms with E-state index in [9.17, 15) is 4.79 Å². The maximum absolute atomic E-state index is 12.1. The molecule has 0 unspecified atom stereocenters. The molecule has 1 heterocycles. The molecule has 0 aliphatic carbocycles. The second-order valence-electron chi connectivity index (χ2n) is 4.09. The zero-order valence-electron chi connectivity index (χ0n) is 10.8. The number of nitrogens with one attached hydrogen (secondary N) is 2. The molecule has 0 saturated carbocycles. The summed E-state index contributed by atoms with van der Waals surface area (Å²) in [7, 11) is 0. The number of carbonyl (C=O) groups excluding carboxylic acids is 1. The summed E-state index contributed by atoms with van der Waals surface area (Å²) in [5.74, 6) is -0.193. The molecule has 0 bridgehead atoms. The van der Waals surface area contributed by atoms with Gasteiger partial charge in [-0.1, -0.05) is 22.0 Å². The van der Waals surface area contributed by atoms with Crippen LogP contribution in [0.25, 0.3) is 0 Å². The number of nitrogens with zero attached hydrogens (tertiary/aromatic N) is 1. The second kappa shape index (κ2) is 6.86. The van der Waals surface area contributed by atoms with Crippen LogP contribution in [-0.2, 0) is 0 Å². The molecular weight excluding hydrogens is 318 g/mol. The standard InChI is InChI=1S/C15H14BrN3O/c1-2-7-18-14-8-11(9-17-10-14)15(20)19-13-5-3-12(16)4-6-13/h2-6,8-10,18H,1,7H2,(H,19,20). The van der Waals surface area contributed by atoms with E-state index in [0.29, 0.717) is 12.1 Å². The monoisotopic (exact) mass is 331 g/mol. The maximum atomic E-state index is 12.1. The molecule has 0 radical (unpaired) electrons. The minimum atomic E-state index is -0.193. The summed E-state index contributed by atoms with van der Waals surface area (Å²) in [6.07, 6.45) is 4.95. The van der Waals surface area contributed by atoms with Gasteiger partial charge in [0.25, 0.3) is 5.91 Å².